The summed E-state index contributed by atoms with van der Waals surface area (Å²) in [5.74, 6) is -0.194. The SMILES string of the molecule is CCCCC/C=C\C/C=C\CCCCCCCCCCCC(=O)NC(COC1OC(CO)C(O)C(O)C1O)C(O)/C=C/CC/C=C/CCCCCCCCC. The molecule has 0 bridgehead atoms. The topological polar surface area (TPSA) is 149 Å². The molecular weight excluding hydrogens is 695 g/mol. The van der Waals surface area contributed by atoms with Crippen molar-refractivity contribution in [2.24, 2.45) is 0 Å². The molecule has 1 rings (SSSR count). The van der Waals surface area contributed by atoms with Gasteiger partial charge in [-0.15, -0.1) is 0 Å². The van der Waals surface area contributed by atoms with E-state index < -0.39 is 49.5 Å². The highest BCUT2D eigenvalue weighted by Crippen LogP contribution is 2.22. The summed E-state index contributed by atoms with van der Waals surface area (Å²) in [7, 11) is 0. The second-order valence-corrected chi connectivity index (χ2v) is 15.5. The molecule has 7 atom stereocenters. The number of nitrogens with one attached hydrogen (secondary N) is 1. The summed E-state index contributed by atoms with van der Waals surface area (Å²) in [5.41, 5.74) is 0. The largest absolute Gasteiger partial charge is 0.394 e. The Labute approximate surface area is 335 Å². The number of ether oxygens (including phenoxy) is 2. The fraction of sp³-hybridized carbons (Fsp3) is 0.804. The minimum Gasteiger partial charge on any atom is -0.394 e. The number of carbonyl (C=O) groups excluding carboxylic acids is 1. The van der Waals surface area contributed by atoms with Gasteiger partial charge in [0, 0.05) is 6.42 Å². The van der Waals surface area contributed by atoms with Gasteiger partial charge in [0.05, 0.1) is 25.4 Å². The lowest BCUT2D eigenvalue weighted by atomic mass is 9.99. The number of allylic oxidation sites excluding steroid dienone is 7. The van der Waals surface area contributed by atoms with Crippen molar-refractivity contribution in [2.75, 3.05) is 13.2 Å². The van der Waals surface area contributed by atoms with Crippen LogP contribution in [0, 0.1) is 0 Å². The average Bonchev–Trinajstić information content (AvgIpc) is 3.18. The molecule has 0 aromatic heterocycles. The van der Waals surface area contributed by atoms with Crippen molar-refractivity contribution >= 4 is 5.91 Å². The third-order valence-corrected chi connectivity index (χ3v) is 10.4. The van der Waals surface area contributed by atoms with Crippen LogP contribution in [0.1, 0.15) is 181 Å². The molecule has 1 fully saturated rings. The first kappa shape index (κ1) is 51.2. The van der Waals surface area contributed by atoms with Crippen molar-refractivity contribution < 1.29 is 39.8 Å². The maximum atomic E-state index is 12.9. The van der Waals surface area contributed by atoms with Gasteiger partial charge < -0.3 is 40.3 Å². The minimum absolute atomic E-state index is 0.194. The summed E-state index contributed by atoms with van der Waals surface area (Å²) >= 11 is 0. The molecule has 1 heterocycles. The maximum Gasteiger partial charge on any atom is 0.220 e. The Bertz CT molecular complexity index is 998. The second-order valence-electron chi connectivity index (χ2n) is 15.5. The van der Waals surface area contributed by atoms with Crippen molar-refractivity contribution in [3.8, 4) is 0 Å². The van der Waals surface area contributed by atoms with Gasteiger partial charge in [-0.25, -0.2) is 0 Å². The zero-order valence-electron chi connectivity index (χ0n) is 34.9. The standard InChI is InChI=1S/C46H83NO8/c1-3-5-7-9-11-13-15-17-18-19-20-21-22-24-26-28-30-32-34-36-42(50)47-39(38-54-46-45(53)44(52)43(51)41(37-48)55-46)40(49)35-33-31-29-27-25-23-16-14-12-10-8-6-4-2/h11,13,17-18,25,27,33,35,39-41,43-46,48-49,51-53H,3-10,12,14-16,19-24,26,28-32,34,36-38H2,1-2H3,(H,47,50)/b13-11-,18-17-,27-25+,35-33+. The van der Waals surface area contributed by atoms with E-state index in [9.17, 15) is 30.3 Å². The van der Waals surface area contributed by atoms with Crippen LogP contribution in [0.25, 0.3) is 0 Å². The third-order valence-electron chi connectivity index (χ3n) is 10.4. The lowest BCUT2D eigenvalue weighted by molar-refractivity contribution is -0.302. The number of aliphatic hydroxyl groups is 5. The van der Waals surface area contributed by atoms with E-state index in [2.05, 4.69) is 55.6 Å². The number of aliphatic hydroxyl groups excluding tert-OH is 5. The van der Waals surface area contributed by atoms with Crippen LogP contribution in [0.5, 0.6) is 0 Å². The number of amides is 1. The molecule has 320 valence electrons. The molecule has 1 aliphatic rings. The normalized spacial score (nSPS) is 21.8. The highest BCUT2D eigenvalue weighted by Gasteiger charge is 2.44. The Morgan fingerprint density at radius 2 is 1.09 bits per heavy atom. The predicted octanol–water partition coefficient (Wildman–Crippen LogP) is 9.06. The summed E-state index contributed by atoms with van der Waals surface area (Å²) in [4.78, 5) is 12.9. The van der Waals surface area contributed by atoms with Crippen LogP contribution in [0.3, 0.4) is 0 Å². The van der Waals surface area contributed by atoms with Crippen LogP contribution in [-0.2, 0) is 14.3 Å². The Kier molecular flexibility index (Phi) is 33.9. The van der Waals surface area contributed by atoms with Gasteiger partial charge in [-0.1, -0.05) is 159 Å². The Morgan fingerprint density at radius 1 is 0.618 bits per heavy atom. The first-order valence-electron chi connectivity index (χ1n) is 22.4. The first-order valence-corrected chi connectivity index (χ1v) is 22.4. The minimum atomic E-state index is -1.57. The van der Waals surface area contributed by atoms with E-state index in [-0.39, 0.29) is 12.5 Å². The molecule has 0 radical (unpaired) electrons. The van der Waals surface area contributed by atoms with Gasteiger partial charge >= 0.3 is 0 Å². The van der Waals surface area contributed by atoms with E-state index in [1.54, 1.807) is 6.08 Å². The van der Waals surface area contributed by atoms with Crippen molar-refractivity contribution in [1.29, 1.82) is 0 Å². The molecule has 55 heavy (non-hydrogen) atoms. The zero-order valence-corrected chi connectivity index (χ0v) is 34.9. The van der Waals surface area contributed by atoms with Crippen molar-refractivity contribution in [1.82, 2.24) is 5.32 Å². The van der Waals surface area contributed by atoms with Crippen LogP contribution in [0.2, 0.25) is 0 Å². The highest BCUT2D eigenvalue weighted by molar-refractivity contribution is 5.76. The van der Waals surface area contributed by atoms with Gasteiger partial charge in [0.15, 0.2) is 6.29 Å². The van der Waals surface area contributed by atoms with Crippen LogP contribution in [0.15, 0.2) is 48.6 Å². The van der Waals surface area contributed by atoms with Gasteiger partial charge in [-0.3, -0.25) is 4.79 Å². The van der Waals surface area contributed by atoms with Crippen LogP contribution in [-0.4, -0.2) is 87.5 Å². The maximum absolute atomic E-state index is 12.9. The molecular formula is C46H83NO8. The number of unbranched alkanes of at least 4 members (excludes halogenated alkanes) is 20. The third kappa shape index (κ3) is 27.4. The average molecular weight is 778 g/mol. The number of hydrogen-bond acceptors (Lipinski definition) is 8. The summed E-state index contributed by atoms with van der Waals surface area (Å²) in [6.07, 6.45) is 38.6. The quantitative estimate of drug-likeness (QED) is 0.0273. The van der Waals surface area contributed by atoms with Crippen LogP contribution in [0.4, 0.5) is 0 Å². The fourth-order valence-electron chi connectivity index (χ4n) is 6.73. The molecule has 1 amide bonds. The van der Waals surface area contributed by atoms with Gasteiger partial charge in [-0.2, -0.15) is 0 Å². The molecule has 1 aliphatic heterocycles. The van der Waals surface area contributed by atoms with E-state index in [0.29, 0.717) is 6.42 Å². The van der Waals surface area contributed by atoms with Gasteiger partial charge in [-0.05, 0) is 64.2 Å². The van der Waals surface area contributed by atoms with Crippen molar-refractivity contribution in [3.63, 3.8) is 0 Å². The molecule has 7 unspecified atom stereocenters. The monoisotopic (exact) mass is 778 g/mol. The smallest absolute Gasteiger partial charge is 0.220 e. The van der Waals surface area contributed by atoms with Crippen molar-refractivity contribution in [2.45, 2.75) is 224 Å². The van der Waals surface area contributed by atoms with Gasteiger partial charge in [0.2, 0.25) is 5.91 Å². The molecule has 0 saturated carbocycles. The molecule has 0 aromatic rings. The van der Waals surface area contributed by atoms with Crippen molar-refractivity contribution in [3.05, 3.63) is 48.6 Å². The van der Waals surface area contributed by atoms with E-state index in [4.69, 9.17) is 9.47 Å². The Morgan fingerprint density at radius 3 is 1.67 bits per heavy atom. The van der Waals surface area contributed by atoms with Crippen LogP contribution < -0.4 is 5.32 Å². The van der Waals surface area contributed by atoms with E-state index in [0.717, 1.165) is 51.4 Å². The molecule has 1 saturated heterocycles. The van der Waals surface area contributed by atoms with Crippen LogP contribution >= 0.6 is 0 Å². The summed E-state index contributed by atoms with van der Waals surface area (Å²) in [5, 5.41) is 54.1. The Balaban J connectivity index is 2.38. The zero-order chi connectivity index (χ0) is 40.2. The second kappa shape index (κ2) is 36.5. The molecule has 0 spiro atoms. The number of hydrogen-bond donors (Lipinski definition) is 6. The molecule has 6 N–H and O–H groups in total. The molecule has 9 nitrogen and oxygen atoms in total. The first-order chi connectivity index (χ1) is 26.8. The predicted molar refractivity (Wildman–Crippen MR) is 226 cm³/mol. The lowest BCUT2D eigenvalue weighted by Gasteiger charge is -2.40. The van der Waals surface area contributed by atoms with E-state index in [1.807, 2.05) is 6.08 Å². The summed E-state index contributed by atoms with van der Waals surface area (Å²) < 4.78 is 11.2. The summed E-state index contributed by atoms with van der Waals surface area (Å²) in [6.45, 7) is 3.70. The van der Waals surface area contributed by atoms with E-state index >= 15 is 0 Å². The van der Waals surface area contributed by atoms with Gasteiger partial charge in [0.1, 0.15) is 24.4 Å². The highest BCUT2D eigenvalue weighted by atomic mass is 16.7. The summed E-state index contributed by atoms with van der Waals surface area (Å²) in [6, 6.07) is -0.823. The Hall–Kier alpha value is -1.85. The van der Waals surface area contributed by atoms with Gasteiger partial charge in [0.25, 0.3) is 0 Å². The van der Waals surface area contributed by atoms with E-state index in [1.165, 1.54) is 109 Å². The lowest BCUT2D eigenvalue weighted by Crippen LogP contribution is -2.60. The number of carbonyl (C=O) groups is 1. The molecule has 0 aliphatic carbocycles. The number of rotatable bonds is 36. The molecule has 9 heteroatoms. The fourth-order valence-corrected chi connectivity index (χ4v) is 6.73. The molecule has 0 aromatic carbocycles.